The maximum atomic E-state index is 12.4. The summed E-state index contributed by atoms with van der Waals surface area (Å²) in [7, 11) is 1.57. The van der Waals surface area contributed by atoms with Gasteiger partial charge in [0.1, 0.15) is 17.4 Å². The van der Waals surface area contributed by atoms with Crippen LogP contribution in [-0.4, -0.2) is 22.8 Å². The van der Waals surface area contributed by atoms with Gasteiger partial charge in [-0.05, 0) is 42.0 Å². The Kier molecular flexibility index (Phi) is 6.10. The van der Waals surface area contributed by atoms with Crippen LogP contribution in [0.1, 0.15) is 11.1 Å². The van der Waals surface area contributed by atoms with Crippen LogP contribution in [0.25, 0.3) is 6.08 Å². The third-order valence-corrected chi connectivity index (χ3v) is 4.34. The smallest absolute Gasteiger partial charge is 0.266 e. The lowest BCUT2D eigenvalue weighted by Gasteiger charge is -2.05. The van der Waals surface area contributed by atoms with Gasteiger partial charge in [-0.1, -0.05) is 29.8 Å². The molecule has 2 aromatic carbocycles. The number of methoxy groups -OCH3 is 1. The van der Waals surface area contributed by atoms with E-state index in [0.717, 1.165) is 5.56 Å². The number of carbonyl (C=O) groups is 1. The Labute approximate surface area is 167 Å². The van der Waals surface area contributed by atoms with Crippen LogP contribution < -0.4 is 10.1 Å². The summed E-state index contributed by atoms with van der Waals surface area (Å²) in [6, 6.07) is 16.3. The number of nitriles is 1. The first-order valence-electron chi connectivity index (χ1n) is 8.42. The first-order valence-corrected chi connectivity index (χ1v) is 8.80. The van der Waals surface area contributed by atoms with Crippen molar-refractivity contribution in [1.82, 2.24) is 9.78 Å². The summed E-state index contributed by atoms with van der Waals surface area (Å²) in [5.74, 6) is 0.187. The zero-order valence-corrected chi connectivity index (χ0v) is 15.8. The number of aromatic nitrogens is 2. The van der Waals surface area contributed by atoms with Crippen LogP contribution in [0.3, 0.4) is 0 Å². The highest BCUT2D eigenvalue weighted by atomic mass is 35.5. The lowest BCUT2D eigenvalue weighted by atomic mass is 10.2. The number of amides is 1. The quantitative estimate of drug-likeness (QED) is 0.505. The van der Waals surface area contributed by atoms with E-state index in [9.17, 15) is 10.1 Å². The molecular formula is C21H17ClN4O2. The number of carbonyl (C=O) groups excluding carboxylic acids is 1. The Bertz CT molecular complexity index is 1050. The number of ether oxygens (including phenoxy) is 1. The van der Waals surface area contributed by atoms with E-state index in [0.29, 0.717) is 28.6 Å². The van der Waals surface area contributed by atoms with Crippen molar-refractivity contribution in [1.29, 1.82) is 5.26 Å². The van der Waals surface area contributed by atoms with Crippen molar-refractivity contribution in [2.75, 3.05) is 12.4 Å². The minimum absolute atomic E-state index is 0.0203. The molecule has 1 N–H and O–H groups in total. The molecule has 0 saturated heterocycles. The van der Waals surface area contributed by atoms with E-state index in [1.54, 1.807) is 48.5 Å². The first-order chi connectivity index (χ1) is 13.6. The predicted octanol–water partition coefficient (Wildman–Crippen LogP) is 4.14. The molecule has 0 saturated carbocycles. The van der Waals surface area contributed by atoms with Gasteiger partial charge in [0.25, 0.3) is 5.91 Å². The number of hydrogen-bond acceptors (Lipinski definition) is 4. The highest BCUT2D eigenvalue weighted by molar-refractivity contribution is 6.31. The van der Waals surface area contributed by atoms with Gasteiger partial charge in [0.05, 0.1) is 19.9 Å². The van der Waals surface area contributed by atoms with Crippen LogP contribution in [0.5, 0.6) is 5.75 Å². The second-order valence-corrected chi connectivity index (χ2v) is 6.32. The Balaban J connectivity index is 1.71. The molecule has 0 bridgehead atoms. The minimum atomic E-state index is -0.494. The Morgan fingerprint density at radius 2 is 2.04 bits per heavy atom. The molecule has 0 radical (unpaired) electrons. The number of hydrogen-bond donors (Lipinski definition) is 1. The van der Waals surface area contributed by atoms with E-state index in [2.05, 4.69) is 10.4 Å². The molecule has 0 unspecified atom stereocenters. The fourth-order valence-electron chi connectivity index (χ4n) is 2.53. The number of benzene rings is 2. The largest absolute Gasteiger partial charge is 0.497 e. The van der Waals surface area contributed by atoms with Crippen LogP contribution in [0.15, 0.2) is 66.5 Å². The lowest BCUT2D eigenvalue weighted by Crippen LogP contribution is -2.13. The second kappa shape index (κ2) is 8.89. The van der Waals surface area contributed by atoms with E-state index in [4.69, 9.17) is 16.3 Å². The number of nitrogens with zero attached hydrogens (tertiary/aromatic N) is 3. The molecule has 0 aliphatic carbocycles. The molecule has 1 aromatic heterocycles. The Hall–Kier alpha value is -3.56. The number of rotatable bonds is 6. The molecule has 1 heterocycles. The van der Waals surface area contributed by atoms with Crippen LogP contribution in [0.2, 0.25) is 5.02 Å². The van der Waals surface area contributed by atoms with Gasteiger partial charge in [0.15, 0.2) is 0 Å². The summed E-state index contributed by atoms with van der Waals surface area (Å²) in [5.41, 5.74) is 2.13. The lowest BCUT2D eigenvalue weighted by molar-refractivity contribution is -0.112. The predicted molar refractivity (Wildman–Crippen MR) is 108 cm³/mol. The molecule has 140 valence electrons. The van der Waals surface area contributed by atoms with E-state index in [1.165, 1.54) is 6.08 Å². The van der Waals surface area contributed by atoms with Gasteiger partial charge >= 0.3 is 0 Å². The summed E-state index contributed by atoms with van der Waals surface area (Å²) in [4.78, 5) is 12.4. The molecule has 0 fully saturated rings. The molecule has 3 aromatic rings. The zero-order chi connectivity index (χ0) is 19.9. The molecule has 1 amide bonds. The van der Waals surface area contributed by atoms with Crippen molar-refractivity contribution < 1.29 is 9.53 Å². The normalized spacial score (nSPS) is 11.0. The maximum absolute atomic E-state index is 12.4. The molecule has 0 aliphatic rings. The second-order valence-electron chi connectivity index (χ2n) is 5.92. The standard InChI is InChI=1S/C21H17ClN4O2/c1-28-19-8-6-18(7-9-19)25-21(27)17(11-23)10-15-12-24-26(13-15)14-16-4-2-3-5-20(16)22/h2-10,12-13H,14H2,1H3,(H,25,27)/b17-10+. The highest BCUT2D eigenvalue weighted by Crippen LogP contribution is 2.18. The molecular weight excluding hydrogens is 376 g/mol. The third kappa shape index (κ3) is 4.78. The van der Waals surface area contributed by atoms with Gasteiger partial charge in [-0.3, -0.25) is 9.48 Å². The van der Waals surface area contributed by atoms with Crippen LogP contribution in [0, 0.1) is 11.3 Å². The van der Waals surface area contributed by atoms with E-state index < -0.39 is 5.91 Å². The first kappa shape index (κ1) is 19.2. The molecule has 28 heavy (non-hydrogen) atoms. The van der Waals surface area contributed by atoms with Crippen LogP contribution in [0.4, 0.5) is 5.69 Å². The molecule has 0 spiro atoms. The summed E-state index contributed by atoms with van der Waals surface area (Å²) in [6.45, 7) is 0.493. The van der Waals surface area contributed by atoms with Gasteiger partial charge in [-0.25, -0.2) is 0 Å². The fourth-order valence-corrected chi connectivity index (χ4v) is 2.73. The molecule has 0 aliphatic heterocycles. The van der Waals surface area contributed by atoms with Crippen LogP contribution >= 0.6 is 11.6 Å². The van der Waals surface area contributed by atoms with E-state index >= 15 is 0 Å². The average molecular weight is 393 g/mol. The van der Waals surface area contributed by atoms with Crippen LogP contribution in [-0.2, 0) is 11.3 Å². The van der Waals surface area contributed by atoms with Gasteiger partial charge < -0.3 is 10.1 Å². The van der Waals surface area contributed by atoms with Gasteiger partial charge in [0, 0.05) is 22.5 Å². The van der Waals surface area contributed by atoms with Crippen molar-refractivity contribution in [2.24, 2.45) is 0 Å². The van der Waals surface area contributed by atoms with E-state index in [1.807, 2.05) is 30.3 Å². The van der Waals surface area contributed by atoms with Crippen molar-refractivity contribution in [3.05, 3.63) is 82.6 Å². The summed E-state index contributed by atoms with van der Waals surface area (Å²) < 4.78 is 6.78. The third-order valence-electron chi connectivity index (χ3n) is 3.97. The summed E-state index contributed by atoms with van der Waals surface area (Å²) in [6.07, 6.45) is 4.84. The summed E-state index contributed by atoms with van der Waals surface area (Å²) >= 11 is 6.17. The number of anilines is 1. The average Bonchev–Trinajstić information content (AvgIpc) is 3.15. The summed E-state index contributed by atoms with van der Waals surface area (Å²) in [5, 5.41) is 17.0. The Morgan fingerprint density at radius 3 is 2.71 bits per heavy atom. The molecule has 7 heteroatoms. The zero-order valence-electron chi connectivity index (χ0n) is 15.1. The van der Waals surface area contributed by atoms with Gasteiger partial charge in [0.2, 0.25) is 0 Å². The van der Waals surface area contributed by atoms with Gasteiger partial charge in [-0.2, -0.15) is 10.4 Å². The monoisotopic (exact) mass is 392 g/mol. The van der Waals surface area contributed by atoms with Crippen molar-refractivity contribution in [3.63, 3.8) is 0 Å². The molecule has 0 atom stereocenters. The fraction of sp³-hybridized carbons (Fsp3) is 0.0952. The topological polar surface area (TPSA) is 79.9 Å². The number of nitrogens with one attached hydrogen (secondary N) is 1. The molecule has 3 rings (SSSR count). The van der Waals surface area contributed by atoms with Crippen molar-refractivity contribution >= 4 is 29.3 Å². The molecule has 6 nitrogen and oxygen atoms in total. The maximum Gasteiger partial charge on any atom is 0.266 e. The minimum Gasteiger partial charge on any atom is -0.497 e. The number of halogens is 1. The SMILES string of the molecule is COc1ccc(NC(=O)/C(C#N)=C/c2cnn(Cc3ccccc3Cl)c2)cc1. The van der Waals surface area contributed by atoms with Crippen molar-refractivity contribution in [2.45, 2.75) is 6.54 Å². The van der Waals surface area contributed by atoms with E-state index in [-0.39, 0.29) is 5.57 Å². The van der Waals surface area contributed by atoms with Gasteiger partial charge in [-0.15, -0.1) is 0 Å². The Morgan fingerprint density at radius 1 is 1.29 bits per heavy atom. The highest BCUT2D eigenvalue weighted by Gasteiger charge is 2.11. The van der Waals surface area contributed by atoms with Crippen molar-refractivity contribution in [3.8, 4) is 11.8 Å².